The Morgan fingerprint density at radius 3 is 2.31 bits per heavy atom. The van der Waals surface area contributed by atoms with Gasteiger partial charge in [0.2, 0.25) is 0 Å². The van der Waals surface area contributed by atoms with Crippen molar-refractivity contribution in [2.45, 2.75) is 6.92 Å². The van der Waals surface area contributed by atoms with Gasteiger partial charge in [-0.2, -0.15) is 0 Å². The first-order valence-electron chi connectivity index (χ1n) is 5.38. The lowest BCUT2D eigenvalue weighted by Crippen LogP contribution is -2.26. The molecule has 1 aromatic rings. The highest BCUT2D eigenvalue weighted by Gasteiger charge is 1.95. The molecular weight excluding hydrogens is 200 g/mol. The maximum Gasteiger partial charge on any atom is 0.188 e. The van der Waals surface area contributed by atoms with E-state index in [9.17, 15) is 0 Å². The van der Waals surface area contributed by atoms with Crippen molar-refractivity contribution in [1.82, 2.24) is 5.32 Å². The van der Waals surface area contributed by atoms with E-state index in [0.29, 0.717) is 5.96 Å². The molecule has 0 atom stereocenters. The summed E-state index contributed by atoms with van der Waals surface area (Å²) in [5, 5.41) is 2.85. The van der Waals surface area contributed by atoms with E-state index in [1.54, 1.807) is 0 Å². The quantitative estimate of drug-likeness (QED) is 0.741. The largest absolute Gasteiger partial charge is 0.377 e. The van der Waals surface area contributed by atoms with Gasteiger partial charge in [0, 0.05) is 26.3 Å². The third-order valence-corrected chi connectivity index (χ3v) is 2.30. The van der Waals surface area contributed by atoms with Gasteiger partial charge in [-0.1, -0.05) is 18.2 Å². The Balaban J connectivity index is 0.000000181. The number of rotatable bonds is 1. The molecule has 0 spiro atoms. The first-order valence-corrected chi connectivity index (χ1v) is 5.38. The molecule has 0 unspecified atom stereocenters. The smallest absolute Gasteiger partial charge is 0.188 e. The summed E-state index contributed by atoms with van der Waals surface area (Å²) in [6.07, 6.45) is 0. The van der Waals surface area contributed by atoms with Crippen molar-refractivity contribution in [3.63, 3.8) is 0 Å². The zero-order valence-electron chi connectivity index (χ0n) is 10.2. The fraction of sp³-hybridized carbons (Fsp3) is 0.417. The zero-order chi connectivity index (χ0) is 12.0. The number of anilines is 1. The van der Waals surface area contributed by atoms with Crippen molar-refractivity contribution in [3.05, 3.63) is 29.8 Å². The van der Waals surface area contributed by atoms with E-state index in [0.717, 1.165) is 13.1 Å². The van der Waals surface area contributed by atoms with Gasteiger partial charge >= 0.3 is 0 Å². The standard InChI is InChI=1S/C9H13N.C3H7N3/c1-8-6-4-5-7-9(8)10(2)3;4-3-5-1-2-6-3/h4-7H,1-3H3;1-2H2,(H3,4,5,6). The van der Waals surface area contributed by atoms with Gasteiger partial charge in [-0.15, -0.1) is 0 Å². The van der Waals surface area contributed by atoms with Gasteiger partial charge in [0.25, 0.3) is 0 Å². The van der Waals surface area contributed by atoms with Crippen LogP contribution >= 0.6 is 0 Å². The number of nitrogens with two attached hydrogens (primary N) is 1. The van der Waals surface area contributed by atoms with Crippen LogP contribution in [0.2, 0.25) is 0 Å². The molecule has 4 heteroatoms. The Bertz CT molecular complexity index is 358. The van der Waals surface area contributed by atoms with E-state index < -0.39 is 0 Å². The summed E-state index contributed by atoms with van der Waals surface area (Å²) in [6.45, 7) is 3.87. The maximum atomic E-state index is 5.17. The van der Waals surface area contributed by atoms with E-state index in [4.69, 9.17) is 5.73 Å². The molecule has 0 amide bonds. The highest BCUT2D eigenvalue weighted by molar-refractivity contribution is 5.79. The number of aryl methyl sites for hydroxylation is 1. The van der Waals surface area contributed by atoms with Gasteiger partial charge in [-0.25, -0.2) is 0 Å². The summed E-state index contributed by atoms with van der Waals surface area (Å²) in [5.74, 6) is 0.579. The summed E-state index contributed by atoms with van der Waals surface area (Å²) >= 11 is 0. The van der Waals surface area contributed by atoms with E-state index in [2.05, 4.69) is 60.5 Å². The molecule has 16 heavy (non-hydrogen) atoms. The van der Waals surface area contributed by atoms with Gasteiger partial charge in [-0.05, 0) is 18.6 Å². The van der Waals surface area contributed by atoms with Crippen molar-refractivity contribution < 1.29 is 0 Å². The molecule has 1 heterocycles. The highest BCUT2D eigenvalue weighted by Crippen LogP contribution is 2.15. The summed E-state index contributed by atoms with van der Waals surface area (Å²) in [4.78, 5) is 5.94. The number of benzene rings is 1. The second kappa shape index (κ2) is 6.00. The predicted octanol–water partition coefficient (Wildman–Crippen LogP) is 0.965. The minimum atomic E-state index is 0.579. The van der Waals surface area contributed by atoms with Gasteiger partial charge in [0.1, 0.15) is 0 Å². The molecule has 1 aliphatic rings. The van der Waals surface area contributed by atoms with Crippen LogP contribution in [0.3, 0.4) is 0 Å². The molecule has 2 rings (SSSR count). The highest BCUT2D eigenvalue weighted by atomic mass is 15.1. The lowest BCUT2D eigenvalue weighted by atomic mass is 10.2. The molecule has 0 saturated carbocycles. The molecule has 0 aliphatic carbocycles. The fourth-order valence-electron chi connectivity index (χ4n) is 1.48. The number of hydrogen-bond acceptors (Lipinski definition) is 4. The second-order valence-corrected chi connectivity index (χ2v) is 3.87. The predicted molar refractivity (Wildman–Crippen MR) is 70.0 cm³/mol. The minimum Gasteiger partial charge on any atom is -0.377 e. The fourth-order valence-corrected chi connectivity index (χ4v) is 1.48. The van der Waals surface area contributed by atoms with E-state index in [-0.39, 0.29) is 0 Å². The van der Waals surface area contributed by atoms with E-state index in [1.165, 1.54) is 11.3 Å². The van der Waals surface area contributed by atoms with Crippen LogP contribution in [0.15, 0.2) is 29.3 Å². The first kappa shape index (κ1) is 12.4. The van der Waals surface area contributed by atoms with Crippen LogP contribution in [0.1, 0.15) is 5.56 Å². The van der Waals surface area contributed by atoms with Crippen molar-refractivity contribution in [2.75, 3.05) is 32.1 Å². The molecule has 0 aromatic heterocycles. The van der Waals surface area contributed by atoms with Crippen LogP contribution < -0.4 is 16.0 Å². The van der Waals surface area contributed by atoms with Gasteiger partial charge in [-0.3, -0.25) is 4.99 Å². The number of nitrogens with zero attached hydrogens (tertiary/aromatic N) is 2. The summed E-state index contributed by atoms with van der Waals surface area (Å²) < 4.78 is 0. The zero-order valence-corrected chi connectivity index (χ0v) is 10.2. The van der Waals surface area contributed by atoms with E-state index in [1.807, 2.05) is 0 Å². The van der Waals surface area contributed by atoms with Crippen LogP contribution in [-0.2, 0) is 0 Å². The molecule has 0 bridgehead atoms. The third-order valence-electron chi connectivity index (χ3n) is 2.30. The topological polar surface area (TPSA) is 53.6 Å². The molecule has 0 fully saturated rings. The summed E-state index contributed by atoms with van der Waals surface area (Å²) in [7, 11) is 4.12. The lowest BCUT2D eigenvalue weighted by Gasteiger charge is -2.14. The number of guanidine groups is 1. The Labute approximate surface area is 97.2 Å². The lowest BCUT2D eigenvalue weighted by molar-refractivity contribution is 0.957. The van der Waals surface area contributed by atoms with Crippen molar-refractivity contribution in [3.8, 4) is 0 Å². The molecule has 1 aromatic carbocycles. The van der Waals surface area contributed by atoms with Crippen LogP contribution in [-0.4, -0.2) is 33.1 Å². The van der Waals surface area contributed by atoms with Crippen LogP contribution in [0.5, 0.6) is 0 Å². The van der Waals surface area contributed by atoms with Crippen LogP contribution in [0.25, 0.3) is 0 Å². The second-order valence-electron chi connectivity index (χ2n) is 3.87. The molecule has 3 N–H and O–H groups in total. The number of nitrogens with one attached hydrogen (secondary N) is 1. The first-order chi connectivity index (χ1) is 7.61. The van der Waals surface area contributed by atoms with Gasteiger partial charge < -0.3 is 16.0 Å². The van der Waals surface area contributed by atoms with Crippen LogP contribution in [0, 0.1) is 6.92 Å². The molecule has 0 radical (unpaired) electrons. The third kappa shape index (κ3) is 3.81. The average Bonchev–Trinajstić information content (AvgIpc) is 2.70. The summed E-state index contributed by atoms with van der Waals surface area (Å²) in [6, 6.07) is 8.36. The van der Waals surface area contributed by atoms with Gasteiger partial charge in [0.15, 0.2) is 5.96 Å². The van der Waals surface area contributed by atoms with Crippen LogP contribution in [0.4, 0.5) is 5.69 Å². The number of para-hydroxylation sites is 1. The minimum absolute atomic E-state index is 0.579. The number of aliphatic imine (C=N–C) groups is 1. The average molecular weight is 220 g/mol. The van der Waals surface area contributed by atoms with Gasteiger partial charge in [0.05, 0.1) is 6.54 Å². The van der Waals surface area contributed by atoms with Crippen molar-refractivity contribution in [1.29, 1.82) is 0 Å². The summed E-state index contributed by atoms with van der Waals surface area (Å²) in [5.41, 5.74) is 7.79. The number of hydrogen-bond donors (Lipinski definition) is 2. The van der Waals surface area contributed by atoms with Crippen molar-refractivity contribution >= 4 is 11.6 Å². The molecule has 1 aliphatic heterocycles. The Morgan fingerprint density at radius 1 is 1.31 bits per heavy atom. The monoisotopic (exact) mass is 220 g/mol. The SMILES string of the molecule is Cc1ccccc1N(C)C.NC1=NCCN1. The molecule has 88 valence electrons. The molecule has 4 nitrogen and oxygen atoms in total. The van der Waals surface area contributed by atoms with E-state index >= 15 is 0 Å². The maximum absolute atomic E-state index is 5.17. The van der Waals surface area contributed by atoms with Crippen molar-refractivity contribution in [2.24, 2.45) is 10.7 Å². The Hall–Kier alpha value is -1.71. The molecular formula is C12H20N4. The molecule has 0 saturated heterocycles. The Kier molecular flexibility index (Phi) is 4.64. The normalized spacial score (nSPS) is 13.3. The Morgan fingerprint density at radius 2 is 2.00 bits per heavy atom.